The van der Waals surface area contributed by atoms with E-state index in [-0.39, 0.29) is 31.2 Å². The van der Waals surface area contributed by atoms with Crippen molar-refractivity contribution < 1.29 is 19.5 Å². The molecule has 6 nitrogen and oxygen atoms in total. The Morgan fingerprint density at radius 2 is 2.19 bits per heavy atom. The van der Waals surface area contributed by atoms with Crippen molar-refractivity contribution in [3.63, 3.8) is 0 Å². The van der Waals surface area contributed by atoms with Crippen LogP contribution in [0.15, 0.2) is 36.9 Å². The molecule has 6 heteroatoms. The number of benzene rings is 1. The third-order valence-corrected chi connectivity index (χ3v) is 3.64. The minimum Gasteiger partial charge on any atom is -0.481 e. The van der Waals surface area contributed by atoms with Crippen LogP contribution in [0.2, 0.25) is 0 Å². The summed E-state index contributed by atoms with van der Waals surface area (Å²) in [4.78, 5) is 34.3. The number of hydrogen-bond donors (Lipinski definition) is 3. The van der Waals surface area contributed by atoms with Gasteiger partial charge in [0.1, 0.15) is 5.41 Å². The van der Waals surface area contributed by atoms with Gasteiger partial charge in [-0.15, -0.1) is 0 Å². The first-order valence-electron chi connectivity index (χ1n) is 6.52. The van der Waals surface area contributed by atoms with Crippen LogP contribution in [-0.2, 0) is 19.8 Å². The normalized spacial score (nSPS) is 21.2. The van der Waals surface area contributed by atoms with Crippen LogP contribution in [0.4, 0.5) is 5.69 Å². The Bertz CT molecular complexity index is 599. The van der Waals surface area contributed by atoms with Crippen molar-refractivity contribution in [1.82, 2.24) is 5.32 Å². The number of carbonyl (C=O) groups excluding carboxylic acids is 2. The van der Waals surface area contributed by atoms with Crippen LogP contribution in [0.3, 0.4) is 0 Å². The minimum absolute atomic E-state index is 0.0417. The molecule has 21 heavy (non-hydrogen) atoms. The maximum Gasteiger partial charge on any atom is 0.315 e. The molecule has 0 saturated carbocycles. The monoisotopic (exact) mass is 288 g/mol. The number of nitrogens with one attached hydrogen (secondary N) is 2. The van der Waals surface area contributed by atoms with Gasteiger partial charge >= 0.3 is 5.97 Å². The first-order chi connectivity index (χ1) is 9.98. The molecule has 1 fully saturated rings. The number of anilines is 1. The number of rotatable bonds is 4. The highest BCUT2D eigenvalue weighted by Crippen LogP contribution is 2.33. The van der Waals surface area contributed by atoms with Crippen molar-refractivity contribution in [3.05, 3.63) is 42.5 Å². The Morgan fingerprint density at radius 3 is 2.76 bits per heavy atom. The van der Waals surface area contributed by atoms with Gasteiger partial charge in [-0.2, -0.15) is 0 Å². The van der Waals surface area contributed by atoms with E-state index in [4.69, 9.17) is 0 Å². The van der Waals surface area contributed by atoms with Gasteiger partial charge in [-0.25, -0.2) is 0 Å². The quantitative estimate of drug-likeness (QED) is 0.721. The van der Waals surface area contributed by atoms with Crippen LogP contribution in [-0.4, -0.2) is 29.4 Å². The fourth-order valence-electron chi connectivity index (χ4n) is 2.39. The Morgan fingerprint density at radius 1 is 1.43 bits per heavy atom. The van der Waals surface area contributed by atoms with Gasteiger partial charge in [0.15, 0.2) is 0 Å². The van der Waals surface area contributed by atoms with E-state index < -0.39 is 11.4 Å². The Balaban J connectivity index is 2.35. The molecule has 1 aromatic carbocycles. The average Bonchev–Trinajstić information content (AvgIpc) is 2.48. The molecule has 2 rings (SSSR count). The summed E-state index contributed by atoms with van der Waals surface area (Å²) >= 11 is 0. The van der Waals surface area contributed by atoms with Crippen molar-refractivity contribution in [2.45, 2.75) is 18.3 Å². The SMILES string of the molecule is C=CC(=O)Nc1cccc([C@]2(C(=O)O)CCC(=O)NC2)c1. The smallest absolute Gasteiger partial charge is 0.315 e. The second kappa shape index (κ2) is 5.78. The molecule has 0 aliphatic carbocycles. The summed E-state index contributed by atoms with van der Waals surface area (Å²) in [7, 11) is 0. The van der Waals surface area contributed by atoms with Gasteiger partial charge in [-0.05, 0) is 30.2 Å². The number of piperidine rings is 1. The van der Waals surface area contributed by atoms with E-state index in [2.05, 4.69) is 17.2 Å². The number of hydrogen-bond acceptors (Lipinski definition) is 3. The number of carbonyl (C=O) groups is 3. The highest BCUT2D eigenvalue weighted by Gasteiger charge is 2.43. The third kappa shape index (κ3) is 2.94. The summed E-state index contributed by atoms with van der Waals surface area (Å²) in [6.07, 6.45) is 1.53. The molecule has 2 amide bonds. The lowest BCUT2D eigenvalue weighted by molar-refractivity contribution is -0.145. The van der Waals surface area contributed by atoms with Crippen LogP contribution in [0.25, 0.3) is 0 Å². The van der Waals surface area contributed by atoms with Crippen LogP contribution >= 0.6 is 0 Å². The molecule has 0 radical (unpaired) electrons. The Labute approximate surface area is 121 Å². The summed E-state index contributed by atoms with van der Waals surface area (Å²) in [5, 5.41) is 14.8. The van der Waals surface area contributed by atoms with E-state index in [9.17, 15) is 19.5 Å². The van der Waals surface area contributed by atoms with E-state index in [1.807, 2.05) is 0 Å². The summed E-state index contributed by atoms with van der Waals surface area (Å²) in [5.74, 6) is -1.51. The molecular formula is C15H16N2O4. The van der Waals surface area contributed by atoms with Gasteiger partial charge in [0.25, 0.3) is 0 Å². The first kappa shape index (κ1) is 14.8. The molecule has 0 unspecified atom stereocenters. The first-order valence-corrected chi connectivity index (χ1v) is 6.52. The van der Waals surface area contributed by atoms with Crippen molar-refractivity contribution >= 4 is 23.5 Å². The van der Waals surface area contributed by atoms with Crippen LogP contribution in [0, 0.1) is 0 Å². The molecule has 0 spiro atoms. The van der Waals surface area contributed by atoms with Crippen molar-refractivity contribution in [2.75, 3.05) is 11.9 Å². The summed E-state index contributed by atoms with van der Waals surface area (Å²) in [6, 6.07) is 6.65. The molecule has 1 aromatic rings. The Kier molecular flexibility index (Phi) is 4.07. The molecule has 1 aliphatic heterocycles. The standard InChI is InChI=1S/C15H16N2O4/c1-2-12(18)17-11-5-3-4-10(8-11)15(14(20)21)7-6-13(19)16-9-15/h2-5,8H,1,6-7,9H2,(H,16,19)(H,17,18)(H,20,21)/t15-/m0/s1. The van der Waals surface area contributed by atoms with Gasteiger partial charge < -0.3 is 15.7 Å². The topological polar surface area (TPSA) is 95.5 Å². The van der Waals surface area contributed by atoms with Gasteiger partial charge in [0.2, 0.25) is 11.8 Å². The molecular weight excluding hydrogens is 272 g/mol. The van der Waals surface area contributed by atoms with Gasteiger partial charge in [-0.1, -0.05) is 18.7 Å². The Hall–Kier alpha value is -2.63. The van der Waals surface area contributed by atoms with Crippen LogP contribution in [0.5, 0.6) is 0 Å². The number of aliphatic carboxylic acids is 1. The van der Waals surface area contributed by atoms with E-state index >= 15 is 0 Å². The average molecular weight is 288 g/mol. The largest absolute Gasteiger partial charge is 0.481 e. The van der Waals surface area contributed by atoms with Crippen molar-refractivity contribution in [3.8, 4) is 0 Å². The van der Waals surface area contributed by atoms with E-state index in [1.54, 1.807) is 24.3 Å². The highest BCUT2D eigenvalue weighted by atomic mass is 16.4. The molecule has 1 atom stereocenters. The summed E-state index contributed by atoms with van der Waals surface area (Å²) < 4.78 is 0. The predicted molar refractivity (Wildman–Crippen MR) is 76.8 cm³/mol. The van der Waals surface area contributed by atoms with Crippen LogP contribution in [0.1, 0.15) is 18.4 Å². The molecule has 1 heterocycles. The fraction of sp³-hybridized carbons (Fsp3) is 0.267. The van der Waals surface area contributed by atoms with Gasteiger partial charge in [0.05, 0.1) is 0 Å². The van der Waals surface area contributed by atoms with Gasteiger partial charge in [-0.3, -0.25) is 14.4 Å². The molecule has 110 valence electrons. The maximum atomic E-state index is 11.7. The van der Waals surface area contributed by atoms with Crippen molar-refractivity contribution in [1.29, 1.82) is 0 Å². The summed E-state index contributed by atoms with van der Waals surface area (Å²) in [6.45, 7) is 3.41. The molecule has 1 saturated heterocycles. The van der Waals surface area contributed by atoms with E-state index in [1.165, 1.54) is 0 Å². The number of carboxylic acids is 1. The lowest BCUT2D eigenvalue weighted by atomic mass is 9.74. The van der Waals surface area contributed by atoms with Gasteiger partial charge in [0, 0.05) is 18.7 Å². The highest BCUT2D eigenvalue weighted by molar-refractivity contribution is 5.99. The zero-order valence-corrected chi connectivity index (χ0v) is 11.4. The molecule has 0 bridgehead atoms. The van der Waals surface area contributed by atoms with E-state index in [0.29, 0.717) is 11.3 Å². The maximum absolute atomic E-state index is 11.7. The van der Waals surface area contributed by atoms with E-state index in [0.717, 1.165) is 6.08 Å². The lowest BCUT2D eigenvalue weighted by Gasteiger charge is -2.33. The van der Waals surface area contributed by atoms with Crippen LogP contribution < -0.4 is 10.6 Å². The third-order valence-electron chi connectivity index (χ3n) is 3.64. The second-order valence-electron chi connectivity index (χ2n) is 4.94. The molecule has 1 aliphatic rings. The zero-order chi connectivity index (χ0) is 15.5. The number of amides is 2. The molecule has 0 aromatic heterocycles. The predicted octanol–water partition coefficient (Wildman–Crippen LogP) is 1.04. The zero-order valence-electron chi connectivity index (χ0n) is 11.4. The lowest BCUT2D eigenvalue weighted by Crippen LogP contribution is -2.51. The molecule has 3 N–H and O–H groups in total. The second-order valence-corrected chi connectivity index (χ2v) is 4.94. The van der Waals surface area contributed by atoms with Crippen molar-refractivity contribution in [2.24, 2.45) is 0 Å². The fourth-order valence-corrected chi connectivity index (χ4v) is 2.39. The minimum atomic E-state index is -1.16. The summed E-state index contributed by atoms with van der Waals surface area (Å²) in [5.41, 5.74) is -0.116. The number of carboxylic acid groups (broad SMARTS) is 1.